The first-order valence-corrected chi connectivity index (χ1v) is 9.14. The molecule has 3 rings (SSSR count). The molecule has 9 nitrogen and oxygen atoms in total. The Morgan fingerprint density at radius 2 is 1.77 bits per heavy atom. The molecule has 0 saturated carbocycles. The zero-order chi connectivity index (χ0) is 19.1. The Labute approximate surface area is 148 Å². The van der Waals surface area contributed by atoms with Crippen molar-refractivity contribution in [3.63, 3.8) is 0 Å². The topological polar surface area (TPSA) is 154 Å². The number of ether oxygens (including phenoxy) is 2. The molecule has 1 fully saturated rings. The van der Waals surface area contributed by atoms with Crippen molar-refractivity contribution in [2.24, 2.45) is 0 Å². The van der Waals surface area contributed by atoms with E-state index in [4.69, 9.17) is 9.47 Å². The number of hydrogen-bond donors (Lipinski definition) is 5. The SMILES string of the molecule is O=S(=O)(O)c1cccc2ccc(O[C@H]3O[C@H](CO)[C@@H](O)[C@H](O)[C@H]3O)cc12. The summed E-state index contributed by atoms with van der Waals surface area (Å²) in [6, 6.07) is 8.71. The highest BCUT2D eigenvalue weighted by molar-refractivity contribution is 7.86. The molecule has 2 aromatic rings. The number of hydrogen-bond acceptors (Lipinski definition) is 8. The first-order chi connectivity index (χ1) is 12.2. The van der Waals surface area contributed by atoms with E-state index in [1.165, 1.54) is 24.3 Å². The molecular weight excluding hydrogens is 368 g/mol. The van der Waals surface area contributed by atoms with Gasteiger partial charge in [0.15, 0.2) is 0 Å². The van der Waals surface area contributed by atoms with Crippen molar-refractivity contribution in [1.29, 1.82) is 0 Å². The fraction of sp³-hybridized carbons (Fsp3) is 0.375. The van der Waals surface area contributed by atoms with Crippen molar-refractivity contribution in [3.05, 3.63) is 36.4 Å². The second-order valence-electron chi connectivity index (χ2n) is 5.93. The highest BCUT2D eigenvalue weighted by Crippen LogP contribution is 2.29. The second kappa shape index (κ2) is 7.08. The Morgan fingerprint density at radius 1 is 1.04 bits per heavy atom. The molecule has 0 unspecified atom stereocenters. The van der Waals surface area contributed by atoms with Crippen LogP contribution in [0, 0.1) is 0 Å². The maximum atomic E-state index is 11.5. The van der Waals surface area contributed by atoms with Crippen LogP contribution in [0.3, 0.4) is 0 Å². The molecule has 0 radical (unpaired) electrons. The van der Waals surface area contributed by atoms with Crippen LogP contribution in [0.1, 0.15) is 0 Å². The molecule has 1 saturated heterocycles. The Kier molecular flexibility index (Phi) is 5.17. The van der Waals surface area contributed by atoms with Gasteiger partial charge in [0.25, 0.3) is 10.1 Å². The number of fused-ring (bicyclic) bond motifs is 1. The molecule has 2 aromatic carbocycles. The van der Waals surface area contributed by atoms with Crippen LogP contribution in [0.25, 0.3) is 10.8 Å². The minimum Gasteiger partial charge on any atom is -0.462 e. The molecule has 0 aromatic heterocycles. The van der Waals surface area contributed by atoms with Gasteiger partial charge in [-0.25, -0.2) is 0 Å². The zero-order valence-corrected chi connectivity index (χ0v) is 14.2. The number of rotatable bonds is 4. The van der Waals surface area contributed by atoms with Crippen LogP contribution in [0.2, 0.25) is 0 Å². The van der Waals surface area contributed by atoms with Gasteiger partial charge in [-0.3, -0.25) is 4.55 Å². The molecule has 5 N–H and O–H groups in total. The summed E-state index contributed by atoms with van der Waals surface area (Å²) in [5, 5.41) is 39.5. The molecule has 0 aliphatic carbocycles. The predicted molar refractivity (Wildman–Crippen MR) is 88.2 cm³/mol. The molecule has 1 aliphatic rings. The average Bonchev–Trinajstić information content (AvgIpc) is 2.60. The quantitative estimate of drug-likeness (QED) is 0.428. The van der Waals surface area contributed by atoms with E-state index in [0.717, 1.165) is 0 Å². The lowest BCUT2D eigenvalue weighted by Crippen LogP contribution is -2.60. The van der Waals surface area contributed by atoms with E-state index in [2.05, 4.69) is 0 Å². The smallest absolute Gasteiger partial charge is 0.295 e. The first kappa shape index (κ1) is 19.0. The molecule has 5 atom stereocenters. The largest absolute Gasteiger partial charge is 0.462 e. The standard InChI is InChI=1S/C16H18O9S/c17-7-11-13(18)14(19)15(20)16(25-11)24-9-5-4-8-2-1-3-12(10(8)6-9)26(21,22)23/h1-6,11,13-20H,7H2,(H,21,22,23)/t11-,13-,14+,15-,16+/m1/s1. The van der Waals surface area contributed by atoms with Gasteiger partial charge < -0.3 is 29.9 Å². The maximum Gasteiger partial charge on any atom is 0.295 e. The van der Waals surface area contributed by atoms with E-state index in [-0.39, 0.29) is 16.0 Å². The Bertz CT molecular complexity index is 896. The van der Waals surface area contributed by atoms with Crippen molar-refractivity contribution in [2.75, 3.05) is 6.61 Å². The summed E-state index contributed by atoms with van der Waals surface area (Å²) in [6.07, 6.45) is -7.24. The Balaban J connectivity index is 1.94. The second-order valence-corrected chi connectivity index (χ2v) is 7.32. The summed E-state index contributed by atoms with van der Waals surface area (Å²) in [4.78, 5) is -0.311. The highest BCUT2D eigenvalue weighted by Gasteiger charge is 2.44. The van der Waals surface area contributed by atoms with Crippen molar-refractivity contribution in [1.82, 2.24) is 0 Å². The minimum atomic E-state index is -4.46. The van der Waals surface area contributed by atoms with Gasteiger partial charge in [-0.05, 0) is 23.6 Å². The van der Waals surface area contributed by atoms with E-state index < -0.39 is 47.4 Å². The van der Waals surface area contributed by atoms with Crippen molar-refractivity contribution >= 4 is 20.9 Å². The van der Waals surface area contributed by atoms with Crippen LogP contribution < -0.4 is 4.74 Å². The molecule has 0 spiro atoms. The molecule has 1 aliphatic heterocycles. The highest BCUT2D eigenvalue weighted by atomic mass is 32.2. The summed E-state index contributed by atoms with van der Waals surface area (Å²) in [5.74, 6) is 0.0953. The van der Waals surface area contributed by atoms with Crippen LogP contribution in [0.15, 0.2) is 41.3 Å². The summed E-state index contributed by atoms with van der Waals surface area (Å²) in [7, 11) is -4.46. The van der Waals surface area contributed by atoms with Gasteiger partial charge in [-0.2, -0.15) is 8.42 Å². The summed E-state index contributed by atoms with van der Waals surface area (Å²) < 4.78 is 43.1. The van der Waals surface area contributed by atoms with Gasteiger partial charge in [0, 0.05) is 5.39 Å². The van der Waals surface area contributed by atoms with E-state index >= 15 is 0 Å². The fourth-order valence-electron chi connectivity index (χ4n) is 2.82. The summed E-state index contributed by atoms with van der Waals surface area (Å²) in [6.45, 7) is -0.602. The molecule has 0 amide bonds. The average molecular weight is 386 g/mol. The van der Waals surface area contributed by atoms with Gasteiger partial charge in [0.05, 0.1) is 6.61 Å². The van der Waals surface area contributed by atoms with Gasteiger partial charge in [0.1, 0.15) is 35.1 Å². The van der Waals surface area contributed by atoms with Gasteiger partial charge in [0.2, 0.25) is 6.29 Å². The van der Waals surface area contributed by atoms with E-state index in [0.29, 0.717) is 5.39 Å². The van der Waals surface area contributed by atoms with Crippen LogP contribution >= 0.6 is 0 Å². The van der Waals surface area contributed by atoms with Crippen molar-refractivity contribution in [2.45, 2.75) is 35.6 Å². The molecule has 1 heterocycles. The third kappa shape index (κ3) is 3.53. The zero-order valence-electron chi connectivity index (χ0n) is 13.3. The van der Waals surface area contributed by atoms with Crippen molar-refractivity contribution < 1.29 is 42.9 Å². The molecule has 10 heteroatoms. The van der Waals surface area contributed by atoms with Gasteiger partial charge >= 0.3 is 0 Å². The lowest BCUT2D eigenvalue weighted by molar-refractivity contribution is -0.277. The predicted octanol–water partition coefficient (Wildman–Crippen LogP) is -0.735. The van der Waals surface area contributed by atoms with Gasteiger partial charge in [-0.1, -0.05) is 18.2 Å². The van der Waals surface area contributed by atoms with Crippen LogP contribution in [-0.4, -0.2) is 70.7 Å². The number of aliphatic hydroxyl groups excluding tert-OH is 4. The monoisotopic (exact) mass is 386 g/mol. The summed E-state index contributed by atoms with van der Waals surface area (Å²) >= 11 is 0. The lowest BCUT2D eigenvalue weighted by Gasteiger charge is -2.39. The van der Waals surface area contributed by atoms with Crippen LogP contribution in [0.5, 0.6) is 5.75 Å². The van der Waals surface area contributed by atoms with E-state index in [1.54, 1.807) is 12.1 Å². The third-order valence-electron chi connectivity index (χ3n) is 4.19. The molecule has 0 bridgehead atoms. The normalized spacial score (nSPS) is 29.7. The van der Waals surface area contributed by atoms with E-state index in [9.17, 15) is 33.4 Å². The Hall–Kier alpha value is -1.79. The minimum absolute atomic E-state index is 0.0953. The van der Waals surface area contributed by atoms with E-state index in [1.807, 2.05) is 0 Å². The molecule has 142 valence electrons. The fourth-order valence-corrected chi connectivity index (χ4v) is 3.53. The maximum absolute atomic E-state index is 11.5. The molecule has 26 heavy (non-hydrogen) atoms. The first-order valence-electron chi connectivity index (χ1n) is 7.70. The van der Waals surface area contributed by atoms with Crippen LogP contribution in [-0.2, 0) is 14.9 Å². The summed E-state index contributed by atoms with van der Waals surface area (Å²) in [5.41, 5.74) is 0. The number of benzene rings is 2. The third-order valence-corrected chi connectivity index (χ3v) is 5.10. The Morgan fingerprint density at radius 3 is 2.42 bits per heavy atom. The lowest BCUT2D eigenvalue weighted by atomic mass is 9.99. The molecular formula is C16H18O9S. The number of aliphatic hydroxyl groups is 4. The van der Waals surface area contributed by atoms with Gasteiger partial charge in [-0.15, -0.1) is 0 Å². The van der Waals surface area contributed by atoms with Crippen molar-refractivity contribution in [3.8, 4) is 5.75 Å². The van der Waals surface area contributed by atoms with Crippen LogP contribution in [0.4, 0.5) is 0 Å².